The van der Waals surface area contributed by atoms with Crippen molar-refractivity contribution in [2.75, 3.05) is 11.1 Å². The number of hydrogen-bond donors (Lipinski definition) is 2. The topological polar surface area (TPSA) is 50.9 Å². The third-order valence-corrected chi connectivity index (χ3v) is 4.25. The van der Waals surface area contributed by atoms with Gasteiger partial charge in [0.2, 0.25) is 0 Å². The van der Waals surface area contributed by atoms with Gasteiger partial charge in [0.05, 0.1) is 11.2 Å². The molecular weight excluding hydrogens is 394 g/mol. The van der Waals surface area contributed by atoms with Gasteiger partial charge in [-0.05, 0) is 58.7 Å². The van der Waals surface area contributed by atoms with Gasteiger partial charge in [-0.2, -0.15) is 0 Å². The number of fused-ring (bicyclic) bond motifs is 1. The molecule has 3 rings (SSSR count). The average Bonchev–Trinajstić information content (AvgIpc) is 2.46. The number of nitrogen functional groups attached to an aromatic ring is 1. The van der Waals surface area contributed by atoms with Gasteiger partial charge < -0.3 is 11.1 Å². The third kappa shape index (κ3) is 2.89. The molecule has 0 fully saturated rings. The number of pyridine rings is 1. The molecule has 3 nitrogen and oxygen atoms in total. The fraction of sp³-hybridized carbons (Fsp3) is 0.0625. The minimum atomic E-state index is 0.718. The van der Waals surface area contributed by atoms with Crippen LogP contribution in [0.25, 0.3) is 10.9 Å². The number of hydrogen-bond acceptors (Lipinski definition) is 3. The molecule has 0 aliphatic rings. The lowest BCUT2D eigenvalue weighted by Gasteiger charge is -2.13. The lowest BCUT2D eigenvalue weighted by molar-refractivity contribution is 1.37. The van der Waals surface area contributed by atoms with Crippen LogP contribution in [0.3, 0.4) is 0 Å². The Morgan fingerprint density at radius 3 is 2.62 bits per heavy atom. The van der Waals surface area contributed by atoms with Crippen molar-refractivity contribution in [2.24, 2.45) is 0 Å². The van der Waals surface area contributed by atoms with E-state index in [2.05, 4.69) is 61.2 Å². The quantitative estimate of drug-likeness (QED) is 0.560. The Morgan fingerprint density at radius 2 is 1.81 bits per heavy atom. The van der Waals surface area contributed by atoms with Crippen LogP contribution in [0.1, 0.15) is 5.56 Å². The Labute approximate surface area is 139 Å². The predicted octanol–water partition coefficient (Wildman–Crippen LogP) is 5.39. The molecule has 3 aromatic rings. The molecule has 0 aliphatic heterocycles. The van der Waals surface area contributed by atoms with Gasteiger partial charge in [-0.15, -0.1) is 0 Å². The number of aromatic nitrogens is 1. The molecule has 0 atom stereocenters. The van der Waals surface area contributed by atoms with Crippen molar-refractivity contribution in [3.05, 3.63) is 57.1 Å². The molecule has 21 heavy (non-hydrogen) atoms. The molecule has 0 saturated heterocycles. The maximum atomic E-state index is 6.05. The molecule has 5 heteroatoms. The summed E-state index contributed by atoms with van der Waals surface area (Å²) in [5, 5.41) is 4.37. The van der Waals surface area contributed by atoms with Gasteiger partial charge in [0.15, 0.2) is 0 Å². The fourth-order valence-corrected chi connectivity index (χ4v) is 2.88. The Kier molecular flexibility index (Phi) is 3.87. The van der Waals surface area contributed by atoms with E-state index in [1.807, 2.05) is 24.3 Å². The molecule has 0 saturated carbocycles. The first-order chi connectivity index (χ1) is 10.0. The highest BCUT2D eigenvalue weighted by Gasteiger charge is 2.08. The van der Waals surface area contributed by atoms with Crippen LogP contribution >= 0.6 is 31.9 Å². The summed E-state index contributed by atoms with van der Waals surface area (Å²) in [5.74, 6) is 0. The predicted molar refractivity (Wildman–Crippen MR) is 96.0 cm³/mol. The molecule has 0 amide bonds. The van der Waals surface area contributed by atoms with Gasteiger partial charge in [-0.25, -0.2) is 0 Å². The summed E-state index contributed by atoms with van der Waals surface area (Å²) in [4.78, 5) is 4.49. The molecule has 2 aromatic carbocycles. The second-order valence-corrected chi connectivity index (χ2v) is 6.67. The normalized spacial score (nSPS) is 10.8. The highest BCUT2D eigenvalue weighted by Crippen LogP contribution is 2.32. The van der Waals surface area contributed by atoms with Crippen LogP contribution in [0.4, 0.5) is 17.1 Å². The smallest absolute Gasteiger partial charge is 0.0958 e. The van der Waals surface area contributed by atoms with Crippen LogP contribution in [0.15, 0.2) is 51.5 Å². The minimum Gasteiger partial charge on any atom is -0.398 e. The molecular formula is C16H13Br2N3. The minimum absolute atomic E-state index is 0.718. The van der Waals surface area contributed by atoms with E-state index in [0.29, 0.717) is 0 Å². The number of nitrogens with one attached hydrogen (secondary N) is 1. The van der Waals surface area contributed by atoms with Gasteiger partial charge >= 0.3 is 0 Å². The first-order valence-electron chi connectivity index (χ1n) is 6.41. The van der Waals surface area contributed by atoms with Crippen molar-refractivity contribution >= 4 is 59.8 Å². The molecule has 0 radical (unpaired) electrons. The lowest BCUT2D eigenvalue weighted by Crippen LogP contribution is -1.97. The van der Waals surface area contributed by atoms with Gasteiger partial charge in [0.1, 0.15) is 0 Å². The van der Waals surface area contributed by atoms with E-state index in [-0.39, 0.29) is 0 Å². The van der Waals surface area contributed by atoms with Crippen molar-refractivity contribution in [1.82, 2.24) is 4.98 Å². The Morgan fingerprint density at radius 1 is 1.00 bits per heavy atom. The van der Waals surface area contributed by atoms with Crippen LogP contribution in [0.5, 0.6) is 0 Å². The summed E-state index contributed by atoms with van der Waals surface area (Å²) < 4.78 is 1.95. The first-order valence-corrected chi connectivity index (χ1v) is 8.00. The molecule has 106 valence electrons. The lowest BCUT2D eigenvalue weighted by atomic mass is 10.1. The highest BCUT2D eigenvalue weighted by molar-refractivity contribution is 9.10. The van der Waals surface area contributed by atoms with E-state index in [0.717, 1.165) is 36.9 Å². The van der Waals surface area contributed by atoms with Crippen molar-refractivity contribution in [2.45, 2.75) is 6.92 Å². The molecule has 0 aliphatic carbocycles. The second-order valence-electron chi connectivity index (χ2n) is 4.84. The number of anilines is 3. The van der Waals surface area contributed by atoms with Crippen LogP contribution in [0.2, 0.25) is 0 Å². The van der Waals surface area contributed by atoms with Crippen molar-refractivity contribution < 1.29 is 0 Å². The number of nitrogens with two attached hydrogens (primary N) is 1. The van der Waals surface area contributed by atoms with Crippen LogP contribution in [-0.4, -0.2) is 4.98 Å². The monoisotopic (exact) mass is 405 g/mol. The van der Waals surface area contributed by atoms with Crippen molar-refractivity contribution in [1.29, 1.82) is 0 Å². The molecule has 0 spiro atoms. The maximum absolute atomic E-state index is 6.05. The number of halogens is 2. The van der Waals surface area contributed by atoms with Crippen LogP contribution < -0.4 is 11.1 Å². The molecule has 1 heterocycles. The van der Waals surface area contributed by atoms with Gasteiger partial charge in [-0.3, -0.25) is 4.98 Å². The van der Waals surface area contributed by atoms with E-state index >= 15 is 0 Å². The largest absolute Gasteiger partial charge is 0.398 e. The molecule has 0 unspecified atom stereocenters. The number of nitrogens with zero attached hydrogens (tertiary/aromatic N) is 1. The van der Waals surface area contributed by atoms with E-state index in [1.165, 1.54) is 5.56 Å². The first kappa shape index (κ1) is 14.4. The summed E-state index contributed by atoms with van der Waals surface area (Å²) in [6.07, 6.45) is 1.78. The van der Waals surface area contributed by atoms with Crippen LogP contribution in [-0.2, 0) is 0 Å². The number of rotatable bonds is 2. The van der Waals surface area contributed by atoms with E-state index in [9.17, 15) is 0 Å². The molecule has 3 N–H and O–H groups in total. The summed E-state index contributed by atoms with van der Waals surface area (Å²) in [6.45, 7) is 2.07. The SMILES string of the molecule is Cc1ccc(Br)cc1Nc1ccc(N)c2cc(Br)cnc12. The summed E-state index contributed by atoms with van der Waals surface area (Å²) in [5.41, 5.74) is 10.8. The Balaban J connectivity index is 2.13. The zero-order chi connectivity index (χ0) is 15.0. The standard InChI is InChI=1S/C16H13Br2N3/c1-9-2-3-10(17)7-15(9)21-14-5-4-13(19)12-6-11(18)8-20-16(12)14/h2-8,21H,19H2,1H3. The second kappa shape index (κ2) is 5.66. The number of aryl methyl sites for hydroxylation is 1. The molecule has 1 aromatic heterocycles. The van der Waals surface area contributed by atoms with Gasteiger partial charge in [-0.1, -0.05) is 22.0 Å². The Hall–Kier alpha value is -1.59. The van der Waals surface area contributed by atoms with Crippen molar-refractivity contribution in [3.8, 4) is 0 Å². The summed E-state index contributed by atoms with van der Waals surface area (Å²) in [6, 6.07) is 12.0. The third-order valence-electron chi connectivity index (χ3n) is 3.32. The zero-order valence-electron chi connectivity index (χ0n) is 11.3. The maximum Gasteiger partial charge on any atom is 0.0958 e. The molecule has 0 bridgehead atoms. The summed E-state index contributed by atoms with van der Waals surface area (Å²) >= 11 is 6.93. The van der Waals surface area contributed by atoms with Gasteiger partial charge in [0.25, 0.3) is 0 Å². The summed E-state index contributed by atoms with van der Waals surface area (Å²) in [7, 11) is 0. The number of benzene rings is 2. The van der Waals surface area contributed by atoms with E-state index in [1.54, 1.807) is 6.20 Å². The average molecular weight is 407 g/mol. The van der Waals surface area contributed by atoms with Gasteiger partial charge in [0, 0.05) is 31.9 Å². The van der Waals surface area contributed by atoms with E-state index < -0.39 is 0 Å². The van der Waals surface area contributed by atoms with E-state index in [4.69, 9.17) is 5.73 Å². The fourth-order valence-electron chi connectivity index (χ4n) is 2.19. The highest BCUT2D eigenvalue weighted by atomic mass is 79.9. The van der Waals surface area contributed by atoms with Crippen LogP contribution in [0, 0.1) is 6.92 Å². The Bertz CT molecular complexity index is 831. The van der Waals surface area contributed by atoms with Crippen molar-refractivity contribution in [3.63, 3.8) is 0 Å². The zero-order valence-corrected chi connectivity index (χ0v) is 14.5.